The first-order chi connectivity index (χ1) is 6.81. The van der Waals surface area contributed by atoms with Crippen LogP contribution in [0.5, 0.6) is 11.5 Å². The zero-order valence-corrected chi connectivity index (χ0v) is 9.04. The molecule has 14 heavy (non-hydrogen) atoms. The first-order valence-corrected chi connectivity index (χ1v) is 4.79. The van der Waals surface area contributed by atoms with Crippen LogP contribution in [0.1, 0.15) is 5.56 Å². The lowest BCUT2D eigenvalue weighted by molar-refractivity contribution is 0.394. The Morgan fingerprint density at radius 3 is 2.64 bits per heavy atom. The van der Waals surface area contributed by atoms with Gasteiger partial charge in [-0.25, -0.2) is 0 Å². The van der Waals surface area contributed by atoms with Gasteiger partial charge in [0.1, 0.15) is 11.5 Å². The number of ether oxygens (including phenoxy) is 2. The van der Waals surface area contributed by atoms with Crippen LogP contribution in [-0.2, 0) is 0 Å². The van der Waals surface area contributed by atoms with Gasteiger partial charge in [0.05, 0.1) is 14.2 Å². The van der Waals surface area contributed by atoms with E-state index in [4.69, 9.17) is 21.1 Å². The quantitative estimate of drug-likeness (QED) is 0.715. The van der Waals surface area contributed by atoms with Crippen molar-refractivity contribution >= 4 is 17.7 Å². The summed E-state index contributed by atoms with van der Waals surface area (Å²) in [6.07, 6.45) is 3.79. The minimum atomic E-state index is 0.495. The highest BCUT2D eigenvalue weighted by molar-refractivity contribution is 6.19. The van der Waals surface area contributed by atoms with E-state index in [-0.39, 0.29) is 0 Å². The van der Waals surface area contributed by atoms with Gasteiger partial charge >= 0.3 is 0 Å². The second kappa shape index (κ2) is 5.55. The summed E-state index contributed by atoms with van der Waals surface area (Å²) in [5, 5.41) is 0. The molecule has 0 unspecified atom stereocenters. The zero-order valence-electron chi connectivity index (χ0n) is 8.29. The lowest BCUT2D eigenvalue weighted by Crippen LogP contribution is -1.89. The standard InChI is InChI=1S/C11H13ClO2/c1-13-10-6-5-9(4-3-7-12)11(8-10)14-2/h3-6,8H,7H2,1-2H3. The average molecular weight is 213 g/mol. The van der Waals surface area contributed by atoms with Crippen molar-refractivity contribution in [1.82, 2.24) is 0 Å². The van der Waals surface area contributed by atoms with Crippen LogP contribution in [0.2, 0.25) is 0 Å². The Labute approximate surface area is 89.1 Å². The molecule has 1 rings (SSSR count). The van der Waals surface area contributed by atoms with Crippen LogP contribution in [0.25, 0.3) is 6.08 Å². The molecule has 0 aliphatic rings. The monoisotopic (exact) mass is 212 g/mol. The van der Waals surface area contributed by atoms with Crippen LogP contribution in [0.3, 0.4) is 0 Å². The first kappa shape index (κ1) is 10.9. The second-order valence-electron chi connectivity index (χ2n) is 2.66. The third kappa shape index (κ3) is 2.67. The lowest BCUT2D eigenvalue weighted by Gasteiger charge is -2.06. The molecule has 0 atom stereocenters. The molecule has 0 saturated carbocycles. The lowest BCUT2D eigenvalue weighted by atomic mass is 10.2. The van der Waals surface area contributed by atoms with Crippen LogP contribution >= 0.6 is 11.6 Å². The van der Waals surface area contributed by atoms with E-state index in [1.165, 1.54) is 0 Å². The van der Waals surface area contributed by atoms with Gasteiger partial charge in [-0.1, -0.05) is 12.2 Å². The summed E-state index contributed by atoms with van der Waals surface area (Å²) in [6, 6.07) is 5.66. The Morgan fingerprint density at radius 1 is 1.29 bits per heavy atom. The van der Waals surface area contributed by atoms with Crippen molar-refractivity contribution in [1.29, 1.82) is 0 Å². The Morgan fingerprint density at radius 2 is 2.07 bits per heavy atom. The summed E-state index contributed by atoms with van der Waals surface area (Å²) in [7, 11) is 3.26. The molecule has 0 radical (unpaired) electrons. The van der Waals surface area contributed by atoms with Crippen LogP contribution < -0.4 is 9.47 Å². The zero-order chi connectivity index (χ0) is 10.4. The molecular weight excluding hydrogens is 200 g/mol. The maximum atomic E-state index is 5.55. The summed E-state index contributed by atoms with van der Waals surface area (Å²) in [4.78, 5) is 0. The number of hydrogen-bond acceptors (Lipinski definition) is 2. The molecule has 0 amide bonds. The number of benzene rings is 1. The second-order valence-corrected chi connectivity index (χ2v) is 2.97. The molecule has 1 aromatic rings. The molecular formula is C11H13ClO2. The fraction of sp³-hybridized carbons (Fsp3) is 0.273. The van der Waals surface area contributed by atoms with Crippen molar-refractivity contribution in [2.75, 3.05) is 20.1 Å². The Bertz CT molecular complexity index is 321. The SMILES string of the molecule is COc1ccc(C=CCCl)c(OC)c1. The predicted octanol–water partition coefficient (Wildman–Crippen LogP) is 2.96. The largest absolute Gasteiger partial charge is 0.497 e. The number of halogens is 1. The maximum absolute atomic E-state index is 5.55. The van der Waals surface area contributed by atoms with Crippen LogP contribution in [-0.4, -0.2) is 20.1 Å². The van der Waals surface area contributed by atoms with Crippen molar-refractivity contribution in [3.05, 3.63) is 29.8 Å². The van der Waals surface area contributed by atoms with Gasteiger partial charge in [0.25, 0.3) is 0 Å². The maximum Gasteiger partial charge on any atom is 0.129 e. The first-order valence-electron chi connectivity index (χ1n) is 4.26. The van der Waals surface area contributed by atoms with Crippen molar-refractivity contribution in [2.24, 2.45) is 0 Å². The molecule has 0 saturated heterocycles. The van der Waals surface area contributed by atoms with E-state index in [9.17, 15) is 0 Å². The molecule has 1 aromatic carbocycles. The third-order valence-electron chi connectivity index (χ3n) is 1.83. The number of rotatable bonds is 4. The van der Waals surface area contributed by atoms with Gasteiger partial charge in [-0.05, 0) is 12.1 Å². The van der Waals surface area contributed by atoms with E-state index in [1.54, 1.807) is 14.2 Å². The van der Waals surface area contributed by atoms with Crippen molar-refractivity contribution in [3.63, 3.8) is 0 Å². The molecule has 0 N–H and O–H groups in total. The highest BCUT2D eigenvalue weighted by Crippen LogP contribution is 2.25. The minimum absolute atomic E-state index is 0.495. The van der Waals surface area contributed by atoms with Crippen molar-refractivity contribution in [3.8, 4) is 11.5 Å². The summed E-state index contributed by atoms with van der Waals surface area (Å²) in [5.74, 6) is 2.06. The van der Waals surface area contributed by atoms with Crippen LogP contribution in [0, 0.1) is 0 Å². The van der Waals surface area contributed by atoms with Gasteiger partial charge in [-0.3, -0.25) is 0 Å². The van der Waals surface area contributed by atoms with E-state index in [1.807, 2.05) is 30.4 Å². The van der Waals surface area contributed by atoms with E-state index in [0.29, 0.717) is 5.88 Å². The van der Waals surface area contributed by atoms with E-state index in [0.717, 1.165) is 17.1 Å². The molecule has 0 fully saturated rings. The predicted molar refractivity (Wildman–Crippen MR) is 59.3 cm³/mol. The summed E-state index contributed by atoms with van der Waals surface area (Å²) < 4.78 is 10.3. The molecule has 0 heterocycles. The van der Waals surface area contributed by atoms with Gasteiger partial charge in [-0.15, -0.1) is 11.6 Å². The van der Waals surface area contributed by atoms with Crippen molar-refractivity contribution in [2.45, 2.75) is 0 Å². The van der Waals surface area contributed by atoms with Crippen LogP contribution in [0.15, 0.2) is 24.3 Å². The van der Waals surface area contributed by atoms with Gasteiger partial charge in [-0.2, -0.15) is 0 Å². The Kier molecular flexibility index (Phi) is 4.33. The van der Waals surface area contributed by atoms with E-state index in [2.05, 4.69) is 0 Å². The molecule has 0 bridgehead atoms. The summed E-state index contributed by atoms with van der Waals surface area (Å²) >= 11 is 5.55. The van der Waals surface area contributed by atoms with Gasteiger partial charge in [0.2, 0.25) is 0 Å². The van der Waals surface area contributed by atoms with E-state index >= 15 is 0 Å². The molecule has 0 spiro atoms. The number of allylic oxidation sites excluding steroid dienone is 1. The van der Waals surface area contributed by atoms with E-state index < -0.39 is 0 Å². The average Bonchev–Trinajstić information content (AvgIpc) is 2.26. The smallest absolute Gasteiger partial charge is 0.129 e. The highest BCUT2D eigenvalue weighted by atomic mass is 35.5. The Hall–Kier alpha value is -1.15. The topological polar surface area (TPSA) is 18.5 Å². The number of methoxy groups -OCH3 is 2. The fourth-order valence-corrected chi connectivity index (χ4v) is 1.22. The van der Waals surface area contributed by atoms with Gasteiger partial charge in [0.15, 0.2) is 0 Å². The molecule has 0 aliphatic carbocycles. The molecule has 0 aliphatic heterocycles. The fourth-order valence-electron chi connectivity index (χ4n) is 1.13. The molecule has 2 nitrogen and oxygen atoms in total. The van der Waals surface area contributed by atoms with Crippen LogP contribution in [0.4, 0.5) is 0 Å². The summed E-state index contributed by atoms with van der Waals surface area (Å²) in [5.41, 5.74) is 0.994. The molecule has 0 aromatic heterocycles. The normalized spacial score (nSPS) is 10.5. The molecule has 76 valence electrons. The highest BCUT2D eigenvalue weighted by Gasteiger charge is 2.00. The third-order valence-corrected chi connectivity index (χ3v) is 2.01. The Balaban J connectivity index is 2.99. The van der Waals surface area contributed by atoms with Gasteiger partial charge < -0.3 is 9.47 Å². The minimum Gasteiger partial charge on any atom is -0.497 e. The number of alkyl halides is 1. The summed E-state index contributed by atoms with van der Waals surface area (Å²) in [6.45, 7) is 0. The molecule has 3 heteroatoms. The van der Waals surface area contributed by atoms with Crippen molar-refractivity contribution < 1.29 is 9.47 Å². The van der Waals surface area contributed by atoms with Gasteiger partial charge in [0, 0.05) is 17.5 Å². The number of hydrogen-bond donors (Lipinski definition) is 0.